The number of carbonyl (C=O) groups is 1. The molecule has 98 valence electrons. The van der Waals surface area contributed by atoms with Crippen molar-refractivity contribution in [3.63, 3.8) is 0 Å². The van der Waals surface area contributed by atoms with Gasteiger partial charge in [-0.2, -0.15) is 0 Å². The van der Waals surface area contributed by atoms with E-state index in [1.54, 1.807) is 0 Å². The molecule has 2 saturated carbocycles. The number of hydrogen-bond donors (Lipinski definition) is 2. The zero-order valence-corrected chi connectivity index (χ0v) is 11.2. The van der Waals surface area contributed by atoms with Gasteiger partial charge in [0, 0.05) is 18.0 Å². The van der Waals surface area contributed by atoms with Crippen LogP contribution in [-0.2, 0) is 4.79 Å². The van der Waals surface area contributed by atoms with Gasteiger partial charge in [0.2, 0.25) is 5.91 Å². The van der Waals surface area contributed by atoms with Gasteiger partial charge in [-0.05, 0) is 51.5 Å². The normalized spacial score (nSPS) is 38.0. The predicted octanol–water partition coefficient (Wildman–Crippen LogP) is 2.07. The molecule has 0 spiro atoms. The average molecular weight is 238 g/mol. The van der Waals surface area contributed by atoms with Crippen LogP contribution in [0.15, 0.2) is 0 Å². The lowest BCUT2D eigenvalue weighted by Crippen LogP contribution is -2.43. The number of amides is 1. The summed E-state index contributed by atoms with van der Waals surface area (Å²) >= 11 is 0. The third kappa shape index (κ3) is 3.21. The van der Waals surface area contributed by atoms with E-state index >= 15 is 0 Å². The van der Waals surface area contributed by atoms with E-state index in [-0.39, 0.29) is 5.92 Å². The Balaban J connectivity index is 1.76. The van der Waals surface area contributed by atoms with Crippen LogP contribution in [0.4, 0.5) is 0 Å². The number of nitrogens with one attached hydrogen (secondary N) is 2. The summed E-state index contributed by atoms with van der Waals surface area (Å²) in [6.07, 6.45) is 8.22. The van der Waals surface area contributed by atoms with Crippen LogP contribution in [0.3, 0.4) is 0 Å². The largest absolute Gasteiger partial charge is 0.353 e. The number of rotatable bonds is 3. The highest BCUT2D eigenvalue weighted by Gasteiger charge is 2.31. The molecule has 0 aromatic heterocycles. The summed E-state index contributed by atoms with van der Waals surface area (Å²) in [5.41, 5.74) is 0. The smallest absolute Gasteiger partial charge is 0.223 e. The van der Waals surface area contributed by atoms with Crippen LogP contribution in [0.25, 0.3) is 0 Å². The van der Waals surface area contributed by atoms with E-state index < -0.39 is 0 Å². The molecule has 2 aliphatic rings. The van der Waals surface area contributed by atoms with Gasteiger partial charge >= 0.3 is 0 Å². The third-order valence-electron chi connectivity index (χ3n) is 4.68. The van der Waals surface area contributed by atoms with Gasteiger partial charge in [0.1, 0.15) is 0 Å². The quantitative estimate of drug-likeness (QED) is 0.790. The van der Waals surface area contributed by atoms with Gasteiger partial charge in [0.05, 0.1) is 0 Å². The lowest BCUT2D eigenvalue weighted by atomic mass is 9.90. The van der Waals surface area contributed by atoms with E-state index in [1.165, 1.54) is 25.7 Å². The first-order valence-corrected chi connectivity index (χ1v) is 7.18. The molecule has 0 aromatic carbocycles. The minimum Gasteiger partial charge on any atom is -0.353 e. The van der Waals surface area contributed by atoms with Crippen LogP contribution in [0.5, 0.6) is 0 Å². The minimum atomic E-state index is 0.289. The molecule has 2 aliphatic carbocycles. The van der Waals surface area contributed by atoms with Gasteiger partial charge in [-0.15, -0.1) is 0 Å². The Kier molecular flexibility index (Phi) is 4.43. The van der Waals surface area contributed by atoms with Crippen LogP contribution >= 0.6 is 0 Å². The fraction of sp³-hybridized carbons (Fsp3) is 0.929. The standard InChI is InChI=1S/C14H26N2O/c1-10-4-3-5-13(10)14(17)16-12-8-6-11(15-2)7-9-12/h10-13,15H,3-9H2,1-2H3,(H,16,17). The molecule has 2 unspecified atom stereocenters. The molecular formula is C14H26N2O. The molecule has 3 nitrogen and oxygen atoms in total. The Bertz CT molecular complexity index is 259. The molecule has 1 amide bonds. The Morgan fingerprint density at radius 3 is 2.18 bits per heavy atom. The average Bonchev–Trinajstić information content (AvgIpc) is 2.76. The molecule has 0 heterocycles. The van der Waals surface area contributed by atoms with E-state index in [0.717, 1.165) is 19.3 Å². The van der Waals surface area contributed by atoms with Crippen molar-refractivity contribution >= 4 is 5.91 Å². The second-order valence-corrected chi connectivity index (χ2v) is 5.86. The fourth-order valence-corrected chi connectivity index (χ4v) is 3.37. The van der Waals surface area contributed by atoms with E-state index in [1.807, 2.05) is 7.05 Å². The van der Waals surface area contributed by atoms with E-state index in [2.05, 4.69) is 17.6 Å². The Morgan fingerprint density at radius 1 is 1.00 bits per heavy atom. The maximum atomic E-state index is 12.1. The van der Waals surface area contributed by atoms with Gasteiger partial charge in [-0.1, -0.05) is 13.3 Å². The highest BCUT2D eigenvalue weighted by Crippen LogP contribution is 2.31. The molecule has 0 aromatic rings. The summed E-state index contributed by atoms with van der Waals surface area (Å²) in [5, 5.41) is 6.60. The molecule has 0 saturated heterocycles. The Morgan fingerprint density at radius 2 is 1.65 bits per heavy atom. The molecule has 0 bridgehead atoms. The van der Waals surface area contributed by atoms with Crippen LogP contribution in [-0.4, -0.2) is 25.0 Å². The van der Waals surface area contributed by atoms with Crippen molar-refractivity contribution < 1.29 is 4.79 Å². The fourth-order valence-electron chi connectivity index (χ4n) is 3.37. The van der Waals surface area contributed by atoms with Gasteiger partial charge < -0.3 is 10.6 Å². The minimum absolute atomic E-state index is 0.289. The number of hydrogen-bond acceptors (Lipinski definition) is 2. The van der Waals surface area contributed by atoms with E-state index in [0.29, 0.717) is 23.9 Å². The summed E-state index contributed by atoms with van der Waals surface area (Å²) < 4.78 is 0. The van der Waals surface area contributed by atoms with Crippen molar-refractivity contribution in [3.8, 4) is 0 Å². The summed E-state index contributed by atoms with van der Waals surface area (Å²) in [7, 11) is 2.03. The Hall–Kier alpha value is -0.570. The lowest BCUT2D eigenvalue weighted by molar-refractivity contribution is -0.126. The predicted molar refractivity (Wildman–Crippen MR) is 69.8 cm³/mol. The van der Waals surface area contributed by atoms with Gasteiger partial charge in [-0.25, -0.2) is 0 Å². The second kappa shape index (κ2) is 5.85. The van der Waals surface area contributed by atoms with Gasteiger partial charge in [-0.3, -0.25) is 4.79 Å². The maximum Gasteiger partial charge on any atom is 0.223 e. The zero-order chi connectivity index (χ0) is 12.3. The first-order valence-electron chi connectivity index (χ1n) is 7.18. The van der Waals surface area contributed by atoms with Crippen molar-refractivity contribution in [2.75, 3.05) is 7.05 Å². The summed E-state index contributed by atoms with van der Waals surface area (Å²) in [4.78, 5) is 12.1. The molecule has 0 radical (unpaired) electrons. The van der Waals surface area contributed by atoms with Crippen LogP contribution in [0.2, 0.25) is 0 Å². The van der Waals surface area contributed by atoms with Crippen molar-refractivity contribution in [2.24, 2.45) is 11.8 Å². The molecular weight excluding hydrogens is 212 g/mol. The maximum absolute atomic E-state index is 12.1. The first-order chi connectivity index (χ1) is 8.20. The third-order valence-corrected chi connectivity index (χ3v) is 4.68. The van der Waals surface area contributed by atoms with E-state index in [4.69, 9.17) is 0 Å². The summed E-state index contributed by atoms with van der Waals surface area (Å²) in [5.74, 6) is 1.20. The summed E-state index contributed by atoms with van der Waals surface area (Å²) in [6.45, 7) is 2.22. The molecule has 0 aliphatic heterocycles. The molecule has 2 fully saturated rings. The van der Waals surface area contributed by atoms with Crippen molar-refractivity contribution in [1.29, 1.82) is 0 Å². The van der Waals surface area contributed by atoms with Crippen LogP contribution in [0, 0.1) is 11.8 Å². The topological polar surface area (TPSA) is 41.1 Å². The van der Waals surface area contributed by atoms with Crippen LogP contribution in [0.1, 0.15) is 51.9 Å². The zero-order valence-electron chi connectivity index (χ0n) is 11.2. The first kappa shape index (κ1) is 12.9. The highest BCUT2D eigenvalue weighted by atomic mass is 16.2. The molecule has 17 heavy (non-hydrogen) atoms. The van der Waals surface area contributed by atoms with Crippen molar-refractivity contribution in [1.82, 2.24) is 10.6 Å². The molecule has 2 rings (SSSR count). The van der Waals surface area contributed by atoms with Gasteiger partial charge in [0.25, 0.3) is 0 Å². The SMILES string of the molecule is CNC1CCC(NC(=O)C2CCCC2C)CC1. The van der Waals surface area contributed by atoms with Gasteiger partial charge in [0.15, 0.2) is 0 Å². The van der Waals surface area contributed by atoms with Crippen molar-refractivity contribution in [2.45, 2.75) is 64.0 Å². The molecule has 2 atom stereocenters. The van der Waals surface area contributed by atoms with Crippen molar-refractivity contribution in [3.05, 3.63) is 0 Å². The Labute approximate surface area is 105 Å². The van der Waals surface area contributed by atoms with Crippen LogP contribution < -0.4 is 10.6 Å². The second-order valence-electron chi connectivity index (χ2n) is 5.86. The molecule has 3 heteroatoms. The molecule has 2 N–H and O–H groups in total. The number of carbonyl (C=O) groups excluding carboxylic acids is 1. The highest BCUT2D eigenvalue weighted by molar-refractivity contribution is 5.79. The summed E-state index contributed by atoms with van der Waals surface area (Å²) in [6, 6.07) is 1.09. The monoisotopic (exact) mass is 238 g/mol. The van der Waals surface area contributed by atoms with E-state index in [9.17, 15) is 4.79 Å². The lowest BCUT2D eigenvalue weighted by Gasteiger charge is -2.30.